The Morgan fingerprint density at radius 1 is 1.25 bits per heavy atom. The molecule has 0 saturated carbocycles. The molecule has 0 amide bonds. The van der Waals surface area contributed by atoms with Crippen LogP contribution in [-0.2, 0) is 0 Å². The van der Waals surface area contributed by atoms with Crippen molar-refractivity contribution in [3.63, 3.8) is 0 Å². The molecule has 1 aromatic rings. The van der Waals surface area contributed by atoms with Crippen LogP contribution in [0.4, 0.5) is 4.39 Å². The summed E-state index contributed by atoms with van der Waals surface area (Å²) in [6.07, 6.45) is -0.0102. The highest BCUT2D eigenvalue weighted by Crippen LogP contribution is 2.16. The molecule has 2 N–H and O–H groups in total. The second kappa shape index (κ2) is 6.58. The molecule has 0 fully saturated rings. The molecule has 0 radical (unpaired) electrons. The van der Waals surface area contributed by atoms with Crippen LogP contribution in [0, 0.1) is 5.82 Å². The van der Waals surface area contributed by atoms with Crippen LogP contribution in [0.1, 0.15) is 18.1 Å². The molecule has 0 heterocycles. The maximum Gasteiger partial charge on any atom is 0.123 e. The van der Waals surface area contributed by atoms with E-state index in [1.165, 1.54) is 12.1 Å². The fraction of sp³-hybridized carbons (Fsp3) is 0.500. The van der Waals surface area contributed by atoms with Gasteiger partial charge in [-0.05, 0) is 31.2 Å². The van der Waals surface area contributed by atoms with Crippen molar-refractivity contribution < 1.29 is 14.6 Å². The molecule has 16 heavy (non-hydrogen) atoms. The van der Waals surface area contributed by atoms with Crippen molar-refractivity contribution in [1.29, 1.82) is 0 Å². The Hall–Kier alpha value is -0.970. The number of nitrogens with zero attached hydrogens (tertiary/aromatic N) is 1. The van der Waals surface area contributed by atoms with Crippen molar-refractivity contribution in [2.75, 3.05) is 26.7 Å². The van der Waals surface area contributed by atoms with Crippen LogP contribution in [-0.4, -0.2) is 41.9 Å². The lowest BCUT2D eigenvalue weighted by Crippen LogP contribution is -2.24. The van der Waals surface area contributed by atoms with Gasteiger partial charge in [0.1, 0.15) is 5.82 Å². The Balaban J connectivity index is 2.40. The van der Waals surface area contributed by atoms with Gasteiger partial charge in [0.05, 0.1) is 12.7 Å². The number of hydrogen-bond acceptors (Lipinski definition) is 3. The minimum atomic E-state index is -0.582. The van der Waals surface area contributed by atoms with E-state index in [0.29, 0.717) is 19.5 Å². The van der Waals surface area contributed by atoms with E-state index in [-0.39, 0.29) is 12.4 Å². The number of aliphatic hydroxyl groups excluding tert-OH is 2. The molecule has 0 aliphatic rings. The Morgan fingerprint density at radius 2 is 1.88 bits per heavy atom. The van der Waals surface area contributed by atoms with Gasteiger partial charge in [-0.15, -0.1) is 0 Å². The molecule has 0 saturated heterocycles. The van der Waals surface area contributed by atoms with Crippen LogP contribution in [0.25, 0.3) is 0 Å². The fourth-order valence-corrected chi connectivity index (χ4v) is 1.48. The van der Waals surface area contributed by atoms with Crippen molar-refractivity contribution in [3.05, 3.63) is 35.6 Å². The third-order valence-corrected chi connectivity index (χ3v) is 2.52. The van der Waals surface area contributed by atoms with E-state index in [0.717, 1.165) is 5.56 Å². The summed E-state index contributed by atoms with van der Waals surface area (Å²) in [5.41, 5.74) is 0.721. The van der Waals surface area contributed by atoms with E-state index in [9.17, 15) is 9.50 Å². The van der Waals surface area contributed by atoms with Gasteiger partial charge < -0.3 is 15.1 Å². The monoisotopic (exact) mass is 227 g/mol. The summed E-state index contributed by atoms with van der Waals surface area (Å²) in [6, 6.07) is 5.87. The molecule has 0 aromatic heterocycles. The maximum absolute atomic E-state index is 12.6. The normalized spacial score (nSPS) is 13.1. The van der Waals surface area contributed by atoms with Gasteiger partial charge >= 0.3 is 0 Å². The molecule has 0 spiro atoms. The molecule has 4 heteroatoms. The predicted molar refractivity (Wildman–Crippen MR) is 60.6 cm³/mol. The highest BCUT2D eigenvalue weighted by atomic mass is 19.1. The van der Waals surface area contributed by atoms with Crippen LogP contribution in [0.5, 0.6) is 0 Å². The van der Waals surface area contributed by atoms with Crippen molar-refractivity contribution in [1.82, 2.24) is 4.90 Å². The average molecular weight is 227 g/mol. The fourth-order valence-electron chi connectivity index (χ4n) is 1.48. The zero-order chi connectivity index (χ0) is 12.0. The highest BCUT2D eigenvalue weighted by Gasteiger charge is 2.08. The topological polar surface area (TPSA) is 43.7 Å². The Bertz CT molecular complexity index is 302. The predicted octanol–water partition coefficient (Wildman–Crippen LogP) is 1.17. The molecule has 0 aliphatic carbocycles. The van der Waals surface area contributed by atoms with Gasteiger partial charge in [0.25, 0.3) is 0 Å². The minimum absolute atomic E-state index is 0.114. The summed E-state index contributed by atoms with van der Waals surface area (Å²) in [7, 11) is 1.88. The molecule has 3 nitrogen and oxygen atoms in total. The van der Waals surface area contributed by atoms with Crippen LogP contribution in [0.3, 0.4) is 0 Å². The summed E-state index contributed by atoms with van der Waals surface area (Å²) in [5, 5.41) is 18.5. The Morgan fingerprint density at radius 3 is 2.44 bits per heavy atom. The average Bonchev–Trinajstić information content (AvgIpc) is 2.27. The molecular weight excluding hydrogens is 209 g/mol. The van der Waals surface area contributed by atoms with Crippen LogP contribution in [0.2, 0.25) is 0 Å². The van der Waals surface area contributed by atoms with Gasteiger partial charge in [-0.1, -0.05) is 12.1 Å². The second-order valence-corrected chi connectivity index (χ2v) is 3.88. The molecular formula is C12H18FNO2. The van der Waals surface area contributed by atoms with Gasteiger partial charge in [-0.25, -0.2) is 4.39 Å². The van der Waals surface area contributed by atoms with E-state index in [2.05, 4.69) is 0 Å². The lowest BCUT2D eigenvalue weighted by atomic mass is 10.1. The summed E-state index contributed by atoms with van der Waals surface area (Å²) >= 11 is 0. The molecule has 0 bridgehead atoms. The summed E-state index contributed by atoms with van der Waals surface area (Å²) in [5.74, 6) is -0.298. The summed E-state index contributed by atoms with van der Waals surface area (Å²) in [4.78, 5) is 1.94. The zero-order valence-electron chi connectivity index (χ0n) is 9.43. The lowest BCUT2D eigenvalue weighted by Gasteiger charge is -2.17. The van der Waals surface area contributed by atoms with Gasteiger partial charge in [0, 0.05) is 13.1 Å². The summed E-state index contributed by atoms with van der Waals surface area (Å²) < 4.78 is 12.6. The zero-order valence-corrected chi connectivity index (χ0v) is 9.43. The van der Waals surface area contributed by atoms with E-state index in [4.69, 9.17) is 5.11 Å². The van der Waals surface area contributed by atoms with E-state index >= 15 is 0 Å². The Kier molecular flexibility index (Phi) is 5.38. The number of halogens is 1. The highest BCUT2D eigenvalue weighted by molar-refractivity contribution is 5.18. The minimum Gasteiger partial charge on any atom is -0.395 e. The number of rotatable bonds is 6. The van der Waals surface area contributed by atoms with Gasteiger partial charge in [0.15, 0.2) is 0 Å². The molecule has 0 aliphatic heterocycles. The first-order chi connectivity index (χ1) is 7.63. The number of hydrogen-bond donors (Lipinski definition) is 2. The first-order valence-electron chi connectivity index (χ1n) is 5.36. The van der Waals surface area contributed by atoms with Gasteiger partial charge in [0.2, 0.25) is 0 Å². The number of benzene rings is 1. The molecule has 1 unspecified atom stereocenters. The third-order valence-electron chi connectivity index (χ3n) is 2.52. The summed E-state index contributed by atoms with van der Waals surface area (Å²) in [6.45, 7) is 1.40. The van der Waals surface area contributed by atoms with Gasteiger partial charge in [-0.3, -0.25) is 0 Å². The second-order valence-electron chi connectivity index (χ2n) is 3.88. The molecule has 90 valence electrons. The SMILES string of the molecule is CN(CCO)CCC(O)c1ccc(F)cc1. The van der Waals surface area contributed by atoms with Gasteiger partial charge in [-0.2, -0.15) is 0 Å². The lowest BCUT2D eigenvalue weighted by molar-refractivity contribution is 0.141. The van der Waals surface area contributed by atoms with Crippen molar-refractivity contribution >= 4 is 0 Å². The Labute approximate surface area is 95.1 Å². The van der Waals surface area contributed by atoms with E-state index in [1.54, 1.807) is 12.1 Å². The first-order valence-corrected chi connectivity index (χ1v) is 5.36. The molecule has 1 atom stereocenters. The maximum atomic E-state index is 12.6. The van der Waals surface area contributed by atoms with Crippen LogP contribution >= 0.6 is 0 Å². The van der Waals surface area contributed by atoms with Crippen molar-refractivity contribution in [2.24, 2.45) is 0 Å². The largest absolute Gasteiger partial charge is 0.395 e. The van der Waals surface area contributed by atoms with Crippen LogP contribution in [0.15, 0.2) is 24.3 Å². The third kappa shape index (κ3) is 4.26. The van der Waals surface area contributed by atoms with E-state index < -0.39 is 6.10 Å². The number of likely N-dealkylation sites (N-methyl/N-ethyl adjacent to an activating group) is 1. The quantitative estimate of drug-likeness (QED) is 0.766. The smallest absolute Gasteiger partial charge is 0.123 e. The first kappa shape index (κ1) is 13.1. The number of aliphatic hydroxyl groups is 2. The van der Waals surface area contributed by atoms with Crippen molar-refractivity contribution in [3.8, 4) is 0 Å². The molecule has 1 rings (SSSR count). The molecule has 1 aromatic carbocycles. The van der Waals surface area contributed by atoms with Crippen molar-refractivity contribution in [2.45, 2.75) is 12.5 Å². The van der Waals surface area contributed by atoms with E-state index in [1.807, 2.05) is 11.9 Å². The standard InChI is InChI=1S/C12H18FNO2/c1-14(8-9-15)7-6-12(16)10-2-4-11(13)5-3-10/h2-5,12,15-16H,6-9H2,1H3. The van der Waals surface area contributed by atoms with Crippen LogP contribution < -0.4 is 0 Å².